The number of phosphoric acid groups is 2. The summed E-state index contributed by atoms with van der Waals surface area (Å²) in [6.45, 7) is 0.188. The van der Waals surface area contributed by atoms with Gasteiger partial charge in [-0.25, -0.2) is 13.9 Å². The van der Waals surface area contributed by atoms with Gasteiger partial charge in [-0.2, -0.15) is 9.29 Å². The summed E-state index contributed by atoms with van der Waals surface area (Å²) in [5, 5.41) is 10.7. The maximum Gasteiger partial charge on any atom is 0.705 e. The van der Waals surface area contributed by atoms with Crippen molar-refractivity contribution in [3.63, 3.8) is 0 Å². The topological polar surface area (TPSA) is 239 Å². The highest BCUT2D eigenvalue weighted by Gasteiger charge is 2.69. The summed E-state index contributed by atoms with van der Waals surface area (Å²) in [4.78, 5) is 42.9. The predicted octanol–water partition coefficient (Wildman–Crippen LogP) is -0.857. The molecule has 1 aromatic rings. The highest BCUT2D eigenvalue weighted by atomic mass is 31.3. The second-order valence-electron chi connectivity index (χ2n) is 6.56. The Morgan fingerprint density at radius 2 is 2.10 bits per heavy atom. The van der Waals surface area contributed by atoms with Gasteiger partial charge in [0.1, 0.15) is 23.1 Å². The van der Waals surface area contributed by atoms with E-state index >= 15 is 0 Å². The summed E-state index contributed by atoms with van der Waals surface area (Å²) in [6, 6.07) is 1.30. The molecule has 3 rings (SSSR count). The first kappa shape index (κ1) is 23.5. The monoisotopic (exact) mass is 492 g/mol. The number of rotatable bonds is 8. The summed E-state index contributed by atoms with van der Waals surface area (Å²) >= 11 is 0. The average Bonchev–Trinajstić information content (AvgIpc) is 2.95. The quantitative estimate of drug-likeness (QED) is 0.278. The largest absolute Gasteiger partial charge is 0.705 e. The van der Waals surface area contributed by atoms with Crippen molar-refractivity contribution in [3.05, 3.63) is 22.7 Å². The molecule has 16 nitrogen and oxygen atoms in total. The Hall–Kier alpha value is -1.12. The molecule has 0 amide bonds. The van der Waals surface area contributed by atoms with Crippen LogP contribution in [0.2, 0.25) is 0 Å². The summed E-state index contributed by atoms with van der Waals surface area (Å²) in [6.07, 6.45) is -1.46. The number of fused-ring (bicyclic) bond motifs is 2. The van der Waals surface area contributed by atoms with E-state index in [1.54, 1.807) is 0 Å². The maximum absolute atomic E-state index is 12.1. The Balaban J connectivity index is 1.78. The van der Waals surface area contributed by atoms with Crippen LogP contribution in [0.1, 0.15) is 13.2 Å². The lowest BCUT2D eigenvalue weighted by molar-refractivity contribution is -0.212. The minimum atomic E-state index is -5.42. The molecular weight excluding hydrogens is 475 g/mol. The van der Waals surface area contributed by atoms with Crippen molar-refractivity contribution in [2.75, 3.05) is 18.9 Å². The molecule has 2 aliphatic heterocycles. The van der Waals surface area contributed by atoms with E-state index in [4.69, 9.17) is 20.1 Å². The van der Waals surface area contributed by atoms with Gasteiger partial charge in [-0.15, -0.1) is 4.89 Å². The van der Waals surface area contributed by atoms with Gasteiger partial charge in [-0.05, 0) is 17.3 Å². The van der Waals surface area contributed by atoms with Crippen molar-refractivity contribution in [3.8, 4) is 0 Å². The van der Waals surface area contributed by atoms with Crippen LogP contribution in [0.25, 0.3) is 0 Å². The first-order valence-corrected chi connectivity index (χ1v) is 12.0. The number of phosphoric ester groups is 1. The number of hydrogen-bond donors (Lipinski definition) is 5. The van der Waals surface area contributed by atoms with E-state index in [0.717, 1.165) is 4.57 Å². The second kappa shape index (κ2) is 7.78. The van der Waals surface area contributed by atoms with E-state index in [-0.39, 0.29) is 12.4 Å². The van der Waals surface area contributed by atoms with Crippen LogP contribution >= 0.6 is 23.9 Å². The fourth-order valence-corrected chi connectivity index (χ4v) is 5.85. The molecule has 6 N–H and O–H groups in total. The molecular formula is C11H17N3O13P3+. The van der Waals surface area contributed by atoms with E-state index in [1.807, 2.05) is 0 Å². The molecule has 2 bridgehead atoms. The third kappa shape index (κ3) is 4.41. The van der Waals surface area contributed by atoms with Crippen LogP contribution < -0.4 is 11.4 Å². The zero-order chi connectivity index (χ0) is 22.5. The summed E-state index contributed by atoms with van der Waals surface area (Å²) < 4.78 is 58.1. The highest BCUT2D eigenvalue weighted by molar-refractivity contribution is 7.64. The SMILES string of the molecule is C[C@]12OC[C@](COP(=O)(O)OP(=O)(O)O[P+](=O)O)(O[C@H]1n1ccc(N)nc1=O)[C@H]2O. The third-order valence-corrected chi connectivity index (χ3v) is 7.95. The molecule has 3 unspecified atom stereocenters. The number of nitrogen functional groups attached to an aromatic ring is 1. The van der Waals surface area contributed by atoms with Crippen molar-refractivity contribution in [1.29, 1.82) is 0 Å². The minimum Gasteiger partial charge on any atom is -0.387 e. The van der Waals surface area contributed by atoms with Gasteiger partial charge in [-0.1, -0.05) is 0 Å². The molecule has 0 saturated carbocycles. The molecule has 0 aliphatic carbocycles. The van der Waals surface area contributed by atoms with Gasteiger partial charge in [0.05, 0.1) is 13.2 Å². The minimum absolute atomic E-state index is 0.0530. The second-order valence-corrected chi connectivity index (χ2v) is 10.5. The smallest absolute Gasteiger partial charge is 0.387 e. The predicted molar refractivity (Wildman–Crippen MR) is 93.7 cm³/mol. The number of aromatic nitrogens is 2. The van der Waals surface area contributed by atoms with Gasteiger partial charge in [-0.3, -0.25) is 14.0 Å². The van der Waals surface area contributed by atoms with Crippen LogP contribution in [0.3, 0.4) is 0 Å². The molecule has 2 saturated heterocycles. The standard InChI is InChI=1S/C11H16N3O13P3/c1-10-7(15)11(4-23-10,25-8(10)14-3-2-6(12)13-9(14)16)5-24-29(19,20)27-30(21,22)26-28(17)18/h2-3,7-8,15H,4-5H2,1H3,(H4-,12,13,16,17,18,19,20,21,22)/p+1/t7-,8+,10+,11+/m0/s1. The van der Waals surface area contributed by atoms with Gasteiger partial charge in [0.25, 0.3) is 0 Å². The van der Waals surface area contributed by atoms with Gasteiger partial charge in [0, 0.05) is 10.8 Å². The Bertz CT molecular complexity index is 1020. The number of anilines is 1. The zero-order valence-electron chi connectivity index (χ0n) is 15.0. The normalized spacial score (nSPS) is 35.0. The Labute approximate surface area is 168 Å². The lowest BCUT2D eigenvalue weighted by Gasteiger charge is -2.34. The molecule has 0 aromatic carbocycles. The van der Waals surface area contributed by atoms with Crippen LogP contribution in [0.5, 0.6) is 0 Å². The maximum atomic E-state index is 12.1. The molecule has 3 heterocycles. The molecule has 0 spiro atoms. The zero-order valence-corrected chi connectivity index (χ0v) is 17.7. The van der Waals surface area contributed by atoms with Gasteiger partial charge >= 0.3 is 29.6 Å². The van der Waals surface area contributed by atoms with Crippen LogP contribution in [-0.4, -0.2) is 59.9 Å². The van der Waals surface area contributed by atoms with Crippen LogP contribution in [0.4, 0.5) is 5.82 Å². The Morgan fingerprint density at radius 1 is 1.43 bits per heavy atom. The molecule has 0 radical (unpaired) electrons. The molecule has 30 heavy (non-hydrogen) atoms. The van der Waals surface area contributed by atoms with Crippen molar-refractivity contribution in [2.24, 2.45) is 0 Å². The van der Waals surface area contributed by atoms with E-state index in [9.17, 15) is 33.4 Å². The number of nitrogens with two attached hydrogens (primary N) is 1. The number of ether oxygens (including phenoxy) is 2. The molecule has 19 heteroatoms. The number of aliphatic hydroxyl groups is 1. The fourth-order valence-electron chi connectivity index (χ4n) is 3.14. The number of nitrogens with zero attached hydrogens (tertiary/aromatic N) is 2. The first-order chi connectivity index (χ1) is 13.7. The van der Waals surface area contributed by atoms with E-state index in [2.05, 4.69) is 18.1 Å². The molecule has 2 fully saturated rings. The van der Waals surface area contributed by atoms with Gasteiger partial charge in [0.2, 0.25) is 0 Å². The van der Waals surface area contributed by atoms with Gasteiger partial charge in [0.15, 0.2) is 6.23 Å². The van der Waals surface area contributed by atoms with Gasteiger partial charge < -0.3 is 25.2 Å². The van der Waals surface area contributed by atoms with Crippen LogP contribution in [0, 0.1) is 0 Å². The van der Waals surface area contributed by atoms with E-state index < -0.39 is 59.7 Å². The van der Waals surface area contributed by atoms with Crippen molar-refractivity contribution >= 4 is 29.7 Å². The molecule has 7 atom stereocenters. The first-order valence-electron chi connectivity index (χ1n) is 7.92. The summed E-state index contributed by atoms with van der Waals surface area (Å²) in [7, 11) is -14.4. The van der Waals surface area contributed by atoms with Crippen molar-refractivity contribution in [1.82, 2.24) is 9.55 Å². The number of aliphatic hydroxyl groups excluding tert-OH is 1. The Morgan fingerprint density at radius 3 is 2.70 bits per heavy atom. The van der Waals surface area contributed by atoms with Crippen LogP contribution in [-0.2, 0) is 36.3 Å². The Kier molecular flexibility index (Phi) is 6.11. The van der Waals surface area contributed by atoms with E-state index in [0.29, 0.717) is 0 Å². The molecule has 2 aliphatic rings. The van der Waals surface area contributed by atoms with Crippen molar-refractivity contribution < 1.29 is 56.1 Å². The van der Waals surface area contributed by atoms with Crippen molar-refractivity contribution in [2.45, 2.75) is 30.5 Å². The van der Waals surface area contributed by atoms with E-state index in [1.165, 1.54) is 19.2 Å². The highest BCUT2D eigenvalue weighted by Crippen LogP contribution is 2.64. The summed E-state index contributed by atoms with van der Waals surface area (Å²) in [5.74, 6) is -0.0530. The summed E-state index contributed by atoms with van der Waals surface area (Å²) in [5.41, 5.74) is 1.36. The average molecular weight is 492 g/mol. The van der Waals surface area contributed by atoms with Crippen LogP contribution in [0.15, 0.2) is 17.1 Å². The molecule has 1 aromatic heterocycles. The number of hydrogen-bond acceptors (Lipinski definition) is 12. The lowest BCUT2D eigenvalue weighted by atomic mass is 9.92. The molecule has 168 valence electrons. The third-order valence-electron chi connectivity index (χ3n) is 4.46. The lowest BCUT2D eigenvalue weighted by Crippen LogP contribution is -2.45. The fraction of sp³-hybridized carbons (Fsp3) is 0.636.